The van der Waals surface area contributed by atoms with Gasteiger partial charge in [0.2, 0.25) is 0 Å². The highest BCUT2D eigenvalue weighted by Crippen LogP contribution is 2.26. The van der Waals surface area contributed by atoms with Crippen LogP contribution in [0.25, 0.3) is 11.4 Å². The molecule has 1 aliphatic heterocycles. The van der Waals surface area contributed by atoms with Crippen molar-refractivity contribution in [3.8, 4) is 11.4 Å². The average Bonchev–Trinajstić information content (AvgIpc) is 2.76. The highest BCUT2D eigenvalue weighted by Gasteiger charge is 2.25. The number of rotatable bonds is 3. The van der Waals surface area contributed by atoms with Crippen LogP contribution in [0.15, 0.2) is 48.5 Å². The summed E-state index contributed by atoms with van der Waals surface area (Å²) >= 11 is 0. The number of hydrogen-bond acceptors (Lipinski definition) is 4. The summed E-state index contributed by atoms with van der Waals surface area (Å²) in [6.07, 6.45) is 0. The van der Waals surface area contributed by atoms with Gasteiger partial charge < -0.3 is 9.80 Å². The van der Waals surface area contributed by atoms with Crippen molar-refractivity contribution < 1.29 is 9.18 Å². The fourth-order valence-electron chi connectivity index (χ4n) is 3.68. The number of benzene rings is 2. The maximum absolute atomic E-state index is 13.7. The van der Waals surface area contributed by atoms with Crippen LogP contribution in [0.1, 0.15) is 27.2 Å². The van der Waals surface area contributed by atoms with E-state index in [2.05, 4.69) is 9.88 Å². The maximum atomic E-state index is 13.7. The molecule has 5 nitrogen and oxygen atoms in total. The maximum Gasteiger partial charge on any atom is 0.253 e. The van der Waals surface area contributed by atoms with E-state index in [0.717, 1.165) is 28.2 Å². The predicted molar refractivity (Wildman–Crippen MR) is 116 cm³/mol. The van der Waals surface area contributed by atoms with E-state index in [1.54, 1.807) is 6.07 Å². The minimum absolute atomic E-state index is 0.0608. The number of piperazine rings is 1. The Morgan fingerprint density at radius 3 is 2.30 bits per heavy atom. The van der Waals surface area contributed by atoms with E-state index in [0.29, 0.717) is 37.6 Å². The number of aromatic nitrogens is 2. The molecule has 0 radical (unpaired) electrons. The predicted octanol–water partition coefficient (Wildman–Crippen LogP) is 4.17. The van der Waals surface area contributed by atoms with Gasteiger partial charge in [-0.15, -0.1) is 0 Å². The van der Waals surface area contributed by atoms with Crippen molar-refractivity contribution in [2.24, 2.45) is 0 Å². The van der Waals surface area contributed by atoms with Crippen LogP contribution >= 0.6 is 0 Å². The molecular formula is C24H25FN4O. The van der Waals surface area contributed by atoms with Crippen molar-refractivity contribution in [1.82, 2.24) is 14.9 Å². The molecule has 0 saturated carbocycles. The molecule has 0 atom stereocenters. The van der Waals surface area contributed by atoms with Crippen molar-refractivity contribution in [3.05, 3.63) is 76.7 Å². The standard InChI is InChI=1S/C24H25FN4O/c1-16-7-9-19(10-8-16)24(30)29-13-11-28(12-14-29)23-17(2)18(3)26-22(27-23)20-5-4-6-21(25)15-20/h4-10,15H,11-14H2,1-3H3. The summed E-state index contributed by atoms with van der Waals surface area (Å²) in [5.74, 6) is 1.12. The normalized spacial score (nSPS) is 14.1. The summed E-state index contributed by atoms with van der Waals surface area (Å²) in [6, 6.07) is 14.0. The lowest BCUT2D eigenvalue weighted by molar-refractivity contribution is 0.0746. The molecule has 1 aromatic heterocycles. The number of halogens is 1. The lowest BCUT2D eigenvalue weighted by atomic mass is 10.1. The van der Waals surface area contributed by atoms with Gasteiger partial charge in [-0.25, -0.2) is 14.4 Å². The second kappa shape index (κ2) is 8.22. The molecule has 0 N–H and O–H groups in total. The fourth-order valence-corrected chi connectivity index (χ4v) is 3.68. The van der Waals surface area contributed by atoms with Gasteiger partial charge >= 0.3 is 0 Å². The third-order valence-corrected chi connectivity index (χ3v) is 5.61. The molecule has 1 fully saturated rings. The molecule has 4 rings (SSSR count). The third kappa shape index (κ3) is 4.03. The minimum Gasteiger partial charge on any atom is -0.353 e. The number of nitrogens with zero attached hydrogens (tertiary/aromatic N) is 4. The number of anilines is 1. The van der Waals surface area contributed by atoms with Crippen LogP contribution < -0.4 is 4.90 Å². The Kier molecular flexibility index (Phi) is 5.48. The lowest BCUT2D eigenvalue weighted by Gasteiger charge is -2.36. The Balaban J connectivity index is 1.53. The third-order valence-electron chi connectivity index (χ3n) is 5.61. The van der Waals surface area contributed by atoms with E-state index < -0.39 is 0 Å². The monoisotopic (exact) mass is 404 g/mol. The van der Waals surface area contributed by atoms with Gasteiger partial charge in [0.05, 0.1) is 0 Å². The molecule has 30 heavy (non-hydrogen) atoms. The molecule has 2 aromatic carbocycles. The number of hydrogen-bond donors (Lipinski definition) is 0. The summed E-state index contributed by atoms with van der Waals surface area (Å²) in [6.45, 7) is 8.60. The van der Waals surface area contributed by atoms with E-state index in [1.165, 1.54) is 12.1 Å². The Labute approximate surface area is 176 Å². The van der Waals surface area contributed by atoms with Crippen LogP contribution in [0.5, 0.6) is 0 Å². The summed E-state index contributed by atoms with van der Waals surface area (Å²) < 4.78 is 13.7. The molecular weight excluding hydrogens is 379 g/mol. The smallest absolute Gasteiger partial charge is 0.253 e. The van der Waals surface area contributed by atoms with Gasteiger partial charge in [0, 0.05) is 48.6 Å². The highest BCUT2D eigenvalue weighted by molar-refractivity contribution is 5.94. The zero-order chi connectivity index (χ0) is 21.3. The van der Waals surface area contributed by atoms with Gasteiger partial charge in [-0.1, -0.05) is 29.8 Å². The van der Waals surface area contributed by atoms with Crippen LogP contribution in [-0.2, 0) is 0 Å². The fraction of sp³-hybridized carbons (Fsp3) is 0.292. The Morgan fingerprint density at radius 1 is 0.933 bits per heavy atom. The zero-order valence-corrected chi connectivity index (χ0v) is 17.5. The Hall–Kier alpha value is -3.28. The number of amides is 1. The number of aryl methyl sites for hydroxylation is 2. The first-order valence-corrected chi connectivity index (χ1v) is 10.1. The molecule has 0 spiro atoms. The molecule has 0 bridgehead atoms. The quantitative estimate of drug-likeness (QED) is 0.657. The van der Waals surface area contributed by atoms with Gasteiger partial charge in [0.1, 0.15) is 11.6 Å². The average molecular weight is 404 g/mol. The molecule has 2 heterocycles. The lowest BCUT2D eigenvalue weighted by Crippen LogP contribution is -2.49. The van der Waals surface area contributed by atoms with Gasteiger partial charge in [0.25, 0.3) is 5.91 Å². The van der Waals surface area contributed by atoms with Gasteiger partial charge in [-0.05, 0) is 45.0 Å². The molecule has 1 saturated heterocycles. The van der Waals surface area contributed by atoms with Gasteiger partial charge in [-0.3, -0.25) is 4.79 Å². The molecule has 0 unspecified atom stereocenters. The topological polar surface area (TPSA) is 49.3 Å². The number of carbonyl (C=O) groups excluding carboxylic acids is 1. The second-order valence-corrected chi connectivity index (χ2v) is 7.74. The summed E-state index contributed by atoms with van der Waals surface area (Å²) in [5.41, 5.74) is 4.40. The highest BCUT2D eigenvalue weighted by atomic mass is 19.1. The molecule has 154 valence electrons. The van der Waals surface area contributed by atoms with Gasteiger partial charge in [0.15, 0.2) is 5.82 Å². The van der Waals surface area contributed by atoms with Crippen molar-refractivity contribution in [1.29, 1.82) is 0 Å². The largest absolute Gasteiger partial charge is 0.353 e. The Morgan fingerprint density at radius 2 is 1.63 bits per heavy atom. The van der Waals surface area contributed by atoms with Crippen LogP contribution in [0.3, 0.4) is 0 Å². The van der Waals surface area contributed by atoms with E-state index in [4.69, 9.17) is 4.98 Å². The van der Waals surface area contributed by atoms with E-state index in [1.807, 2.05) is 56.0 Å². The van der Waals surface area contributed by atoms with Gasteiger partial charge in [-0.2, -0.15) is 0 Å². The molecule has 0 aliphatic carbocycles. The molecule has 6 heteroatoms. The second-order valence-electron chi connectivity index (χ2n) is 7.74. The molecule has 1 aliphatic rings. The zero-order valence-electron chi connectivity index (χ0n) is 17.5. The first-order chi connectivity index (χ1) is 14.4. The van der Waals surface area contributed by atoms with E-state index in [9.17, 15) is 9.18 Å². The van der Waals surface area contributed by atoms with Crippen LogP contribution in [-0.4, -0.2) is 47.0 Å². The number of carbonyl (C=O) groups is 1. The first kappa shape index (κ1) is 20.0. The SMILES string of the molecule is Cc1ccc(C(=O)N2CCN(c3nc(-c4cccc(F)c4)nc(C)c3C)CC2)cc1. The van der Waals surface area contributed by atoms with Crippen molar-refractivity contribution >= 4 is 11.7 Å². The summed E-state index contributed by atoms with van der Waals surface area (Å²) in [7, 11) is 0. The Bertz CT molecular complexity index is 1070. The van der Waals surface area contributed by atoms with E-state index in [-0.39, 0.29) is 11.7 Å². The molecule has 1 amide bonds. The van der Waals surface area contributed by atoms with Crippen molar-refractivity contribution in [3.63, 3.8) is 0 Å². The van der Waals surface area contributed by atoms with Crippen LogP contribution in [0, 0.1) is 26.6 Å². The summed E-state index contributed by atoms with van der Waals surface area (Å²) in [5, 5.41) is 0. The van der Waals surface area contributed by atoms with Crippen molar-refractivity contribution in [2.45, 2.75) is 20.8 Å². The summed E-state index contributed by atoms with van der Waals surface area (Å²) in [4.78, 5) is 26.2. The van der Waals surface area contributed by atoms with Crippen molar-refractivity contribution in [2.75, 3.05) is 31.1 Å². The molecule has 3 aromatic rings. The first-order valence-electron chi connectivity index (χ1n) is 10.1. The van der Waals surface area contributed by atoms with Crippen LogP contribution in [0.4, 0.5) is 10.2 Å². The minimum atomic E-state index is -0.306. The van der Waals surface area contributed by atoms with Crippen LogP contribution in [0.2, 0.25) is 0 Å². The van der Waals surface area contributed by atoms with E-state index >= 15 is 0 Å².